The van der Waals surface area contributed by atoms with Gasteiger partial charge in [-0.3, -0.25) is 4.79 Å². The summed E-state index contributed by atoms with van der Waals surface area (Å²) >= 11 is 5.56. The molecule has 0 bridgehead atoms. The van der Waals surface area contributed by atoms with Gasteiger partial charge in [0.05, 0.1) is 5.02 Å². The van der Waals surface area contributed by atoms with Crippen molar-refractivity contribution < 1.29 is 14.3 Å². The molecule has 0 radical (unpaired) electrons. The highest BCUT2D eigenvalue weighted by Gasteiger charge is 2.24. The molecule has 1 unspecified atom stereocenters. The number of rotatable bonds is 5. The molecule has 0 fully saturated rings. The number of carbonyl (C=O) groups is 1. The summed E-state index contributed by atoms with van der Waals surface area (Å²) in [6.07, 6.45) is 1.13. The van der Waals surface area contributed by atoms with E-state index < -0.39 is 11.4 Å². The fraction of sp³-hybridized carbons (Fsp3) is 0.462. The first kappa shape index (κ1) is 14.9. The molecular formula is C13H17ClFNO2. The molecular weight excluding hydrogens is 257 g/mol. The number of hydrogen-bond donors (Lipinski definition) is 2. The van der Waals surface area contributed by atoms with Crippen LogP contribution in [-0.4, -0.2) is 23.2 Å². The molecule has 0 saturated carbocycles. The van der Waals surface area contributed by atoms with Gasteiger partial charge in [0.25, 0.3) is 5.91 Å². The molecule has 0 aromatic heterocycles. The van der Waals surface area contributed by atoms with Crippen LogP contribution < -0.4 is 5.32 Å². The molecule has 1 rings (SSSR count). The van der Waals surface area contributed by atoms with Gasteiger partial charge in [-0.2, -0.15) is 0 Å². The Kier molecular flexibility index (Phi) is 5.11. The normalized spacial score (nSPS) is 14.1. The molecule has 3 nitrogen and oxygen atoms in total. The summed E-state index contributed by atoms with van der Waals surface area (Å²) in [7, 11) is 0. The average molecular weight is 274 g/mol. The summed E-state index contributed by atoms with van der Waals surface area (Å²) in [5.74, 6) is -0.993. The summed E-state index contributed by atoms with van der Waals surface area (Å²) in [5.41, 5.74) is -0.281. The van der Waals surface area contributed by atoms with Gasteiger partial charge >= 0.3 is 0 Å². The minimum absolute atomic E-state index is 0.0137. The number of benzene rings is 1. The average Bonchev–Trinajstić information content (AvgIpc) is 2.32. The van der Waals surface area contributed by atoms with Crippen LogP contribution in [0.2, 0.25) is 5.02 Å². The zero-order valence-corrected chi connectivity index (χ0v) is 11.2. The van der Waals surface area contributed by atoms with E-state index in [0.29, 0.717) is 12.8 Å². The number of hydrogen-bond acceptors (Lipinski definition) is 2. The highest BCUT2D eigenvalue weighted by molar-refractivity contribution is 6.30. The topological polar surface area (TPSA) is 49.3 Å². The lowest BCUT2D eigenvalue weighted by molar-refractivity contribution is 0.0885. The van der Waals surface area contributed by atoms with Crippen molar-refractivity contribution >= 4 is 17.5 Å². The second-order valence-electron chi connectivity index (χ2n) is 4.47. The fourth-order valence-electron chi connectivity index (χ4n) is 1.56. The second-order valence-corrected chi connectivity index (χ2v) is 4.88. The molecule has 18 heavy (non-hydrogen) atoms. The zero-order valence-electron chi connectivity index (χ0n) is 10.5. The SMILES string of the molecule is CCC(C)(CCO)NC(=O)c1ccc(Cl)c(F)c1. The van der Waals surface area contributed by atoms with Crippen molar-refractivity contribution in [2.24, 2.45) is 0 Å². The maximum absolute atomic E-state index is 13.3. The molecule has 0 aliphatic rings. The summed E-state index contributed by atoms with van der Waals surface area (Å²) in [6.45, 7) is 3.74. The summed E-state index contributed by atoms with van der Waals surface area (Å²) in [4.78, 5) is 12.0. The first-order chi connectivity index (χ1) is 8.41. The third-order valence-corrected chi connectivity index (χ3v) is 3.35. The van der Waals surface area contributed by atoms with Gasteiger partial charge in [0.1, 0.15) is 5.82 Å². The quantitative estimate of drug-likeness (QED) is 0.867. The van der Waals surface area contributed by atoms with Crippen LogP contribution >= 0.6 is 11.6 Å². The molecule has 2 N–H and O–H groups in total. The van der Waals surface area contributed by atoms with Gasteiger partial charge in [-0.25, -0.2) is 4.39 Å². The minimum Gasteiger partial charge on any atom is -0.396 e. The third kappa shape index (κ3) is 3.68. The van der Waals surface area contributed by atoms with Crippen LogP contribution in [0.4, 0.5) is 4.39 Å². The number of carbonyl (C=O) groups excluding carboxylic acids is 1. The molecule has 0 aliphatic carbocycles. The van der Waals surface area contributed by atoms with E-state index in [-0.39, 0.29) is 23.1 Å². The van der Waals surface area contributed by atoms with Gasteiger partial charge in [-0.05, 0) is 38.0 Å². The highest BCUT2D eigenvalue weighted by Crippen LogP contribution is 2.18. The lowest BCUT2D eigenvalue weighted by Gasteiger charge is -2.29. The first-order valence-electron chi connectivity index (χ1n) is 5.80. The van der Waals surface area contributed by atoms with E-state index in [2.05, 4.69) is 5.32 Å². The zero-order chi connectivity index (χ0) is 13.8. The van der Waals surface area contributed by atoms with Crippen molar-refractivity contribution in [3.63, 3.8) is 0 Å². The van der Waals surface area contributed by atoms with Crippen molar-refractivity contribution in [3.8, 4) is 0 Å². The Morgan fingerprint density at radius 2 is 2.22 bits per heavy atom. The maximum atomic E-state index is 13.3. The molecule has 0 heterocycles. The van der Waals surface area contributed by atoms with E-state index in [9.17, 15) is 9.18 Å². The van der Waals surface area contributed by atoms with E-state index in [1.54, 1.807) is 0 Å². The highest BCUT2D eigenvalue weighted by atomic mass is 35.5. The largest absolute Gasteiger partial charge is 0.396 e. The van der Waals surface area contributed by atoms with E-state index in [4.69, 9.17) is 16.7 Å². The van der Waals surface area contributed by atoms with Gasteiger partial charge in [0.2, 0.25) is 0 Å². The van der Waals surface area contributed by atoms with Crippen molar-refractivity contribution in [2.45, 2.75) is 32.2 Å². The molecule has 0 spiro atoms. The molecule has 1 atom stereocenters. The van der Waals surface area contributed by atoms with Gasteiger partial charge in [-0.15, -0.1) is 0 Å². The van der Waals surface area contributed by atoms with E-state index in [1.807, 2.05) is 13.8 Å². The van der Waals surface area contributed by atoms with Crippen LogP contribution in [0, 0.1) is 5.82 Å². The van der Waals surface area contributed by atoms with E-state index in [1.165, 1.54) is 12.1 Å². The monoisotopic (exact) mass is 273 g/mol. The number of nitrogens with one attached hydrogen (secondary N) is 1. The van der Waals surface area contributed by atoms with Crippen molar-refractivity contribution in [1.29, 1.82) is 0 Å². The molecule has 1 amide bonds. The Morgan fingerprint density at radius 1 is 1.56 bits per heavy atom. The Morgan fingerprint density at radius 3 is 2.72 bits per heavy atom. The van der Waals surface area contributed by atoms with Crippen molar-refractivity contribution in [3.05, 3.63) is 34.6 Å². The predicted molar refractivity (Wildman–Crippen MR) is 69.3 cm³/mol. The van der Waals surface area contributed by atoms with Crippen LogP contribution in [0.15, 0.2) is 18.2 Å². The number of halogens is 2. The summed E-state index contributed by atoms with van der Waals surface area (Å²) in [5, 5.41) is 11.8. The van der Waals surface area contributed by atoms with Crippen LogP contribution in [0.5, 0.6) is 0 Å². The van der Waals surface area contributed by atoms with Crippen LogP contribution in [0.3, 0.4) is 0 Å². The second kappa shape index (κ2) is 6.16. The molecule has 100 valence electrons. The lowest BCUT2D eigenvalue weighted by Crippen LogP contribution is -2.46. The Balaban J connectivity index is 2.84. The van der Waals surface area contributed by atoms with Gasteiger partial charge in [0, 0.05) is 17.7 Å². The number of aliphatic hydroxyl groups is 1. The molecule has 0 aliphatic heterocycles. The first-order valence-corrected chi connectivity index (χ1v) is 6.18. The molecule has 0 saturated heterocycles. The summed E-state index contributed by atoms with van der Waals surface area (Å²) < 4.78 is 13.3. The molecule has 1 aromatic rings. The third-order valence-electron chi connectivity index (χ3n) is 3.04. The standard InChI is InChI=1S/C13H17ClFNO2/c1-3-13(2,6-7-17)16-12(18)9-4-5-10(14)11(15)8-9/h4-5,8,17H,3,6-7H2,1-2H3,(H,16,18). The Bertz CT molecular complexity index is 439. The molecule has 1 aromatic carbocycles. The van der Waals surface area contributed by atoms with Crippen molar-refractivity contribution in [2.75, 3.05) is 6.61 Å². The Labute approximate surface area is 111 Å². The fourth-order valence-corrected chi connectivity index (χ4v) is 1.68. The number of aliphatic hydroxyl groups excluding tert-OH is 1. The van der Waals surface area contributed by atoms with Crippen LogP contribution in [0.1, 0.15) is 37.0 Å². The lowest BCUT2D eigenvalue weighted by atomic mass is 9.94. The number of amides is 1. The van der Waals surface area contributed by atoms with E-state index >= 15 is 0 Å². The van der Waals surface area contributed by atoms with Crippen LogP contribution in [0.25, 0.3) is 0 Å². The van der Waals surface area contributed by atoms with Gasteiger partial charge < -0.3 is 10.4 Å². The predicted octanol–water partition coefficient (Wildman–Crippen LogP) is 2.76. The summed E-state index contributed by atoms with van der Waals surface area (Å²) in [6, 6.07) is 3.92. The Hall–Kier alpha value is -1.13. The van der Waals surface area contributed by atoms with Crippen LogP contribution in [-0.2, 0) is 0 Å². The van der Waals surface area contributed by atoms with E-state index in [0.717, 1.165) is 6.07 Å². The van der Waals surface area contributed by atoms with Crippen molar-refractivity contribution in [1.82, 2.24) is 5.32 Å². The van der Waals surface area contributed by atoms with Gasteiger partial charge in [-0.1, -0.05) is 18.5 Å². The maximum Gasteiger partial charge on any atom is 0.251 e. The molecule has 5 heteroatoms. The smallest absolute Gasteiger partial charge is 0.251 e. The minimum atomic E-state index is -0.621. The van der Waals surface area contributed by atoms with Gasteiger partial charge in [0.15, 0.2) is 0 Å².